The SMILES string of the molecule is COC(=O)C(=O)Oc1ccccc1. The number of para-hydroxylation sites is 1. The molecular weight excluding hydrogens is 172 g/mol. The Morgan fingerprint density at radius 2 is 1.69 bits per heavy atom. The molecule has 1 aromatic rings. The Labute approximate surface area is 75.1 Å². The molecule has 0 atom stereocenters. The Morgan fingerprint density at radius 1 is 1.08 bits per heavy atom. The molecule has 1 aromatic carbocycles. The molecule has 4 heteroatoms. The Morgan fingerprint density at radius 3 is 2.23 bits per heavy atom. The maximum absolute atomic E-state index is 10.8. The van der Waals surface area contributed by atoms with Crippen LogP contribution in [-0.2, 0) is 14.3 Å². The first-order chi connectivity index (χ1) is 6.24. The van der Waals surface area contributed by atoms with E-state index in [4.69, 9.17) is 0 Å². The zero-order valence-corrected chi connectivity index (χ0v) is 7.02. The zero-order valence-electron chi connectivity index (χ0n) is 7.02. The number of ether oxygens (including phenoxy) is 2. The van der Waals surface area contributed by atoms with Crippen molar-refractivity contribution in [3.63, 3.8) is 0 Å². The zero-order chi connectivity index (χ0) is 9.68. The van der Waals surface area contributed by atoms with Crippen LogP contribution in [0.15, 0.2) is 30.3 Å². The number of hydrogen-bond donors (Lipinski definition) is 0. The van der Waals surface area contributed by atoms with Crippen molar-refractivity contribution in [3.8, 4) is 5.75 Å². The van der Waals surface area contributed by atoms with E-state index in [0.717, 1.165) is 7.11 Å². The topological polar surface area (TPSA) is 52.6 Å². The second kappa shape index (κ2) is 4.25. The highest BCUT2D eigenvalue weighted by molar-refractivity contribution is 6.30. The molecule has 0 aliphatic heterocycles. The van der Waals surface area contributed by atoms with Crippen LogP contribution >= 0.6 is 0 Å². The van der Waals surface area contributed by atoms with Gasteiger partial charge >= 0.3 is 11.9 Å². The van der Waals surface area contributed by atoms with Gasteiger partial charge in [0.1, 0.15) is 5.75 Å². The van der Waals surface area contributed by atoms with Crippen molar-refractivity contribution >= 4 is 11.9 Å². The minimum Gasteiger partial charge on any atom is -0.461 e. The third-order valence-electron chi connectivity index (χ3n) is 1.31. The third kappa shape index (κ3) is 2.59. The van der Waals surface area contributed by atoms with Crippen LogP contribution in [0, 0.1) is 0 Å². The Bertz CT molecular complexity index is 305. The highest BCUT2D eigenvalue weighted by Crippen LogP contribution is 2.08. The van der Waals surface area contributed by atoms with Gasteiger partial charge in [0.15, 0.2) is 0 Å². The van der Waals surface area contributed by atoms with Gasteiger partial charge in [0, 0.05) is 0 Å². The van der Waals surface area contributed by atoms with Gasteiger partial charge < -0.3 is 9.47 Å². The fraction of sp³-hybridized carbons (Fsp3) is 0.111. The molecule has 68 valence electrons. The molecular formula is C9H8O4. The number of rotatable bonds is 1. The highest BCUT2D eigenvalue weighted by Gasteiger charge is 2.15. The number of esters is 2. The summed E-state index contributed by atoms with van der Waals surface area (Å²) in [6, 6.07) is 8.30. The van der Waals surface area contributed by atoms with E-state index in [1.807, 2.05) is 0 Å². The molecule has 0 aliphatic rings. The van der Waals surface area contributed by atoms with Crippen molar-refractivity contribution < 1.29 is 19.1 Å². The summed E-state index contributed by atoms with van der Waals surface area (Å²) >= 11 is 0. The maximum Gasteiger partial charge on any atom is 0.422 e. The molecule has 0 saturated heterocycles. The van der Waals surface area contributed by atoms with E-state index in [2.05, 4.69) is 9.47 Å². The molecule has 4 nitrogen and oxygen atoms in total. The van der Waals surface area contributed by atoms with Gasteiger partial charge in [0.05, 0.1) is 7.11 Å². The first-order valence-corrected chi connectivity index (χ1v) is 3.59. The van der Waals surface area contributed by atoms with E-state index in [9.17, 15) is 9.59 Å². The van der Waals surface area contributed by atoms with Crippen LogP contribution in [0.5, 0.6) is 5.75 Å². The van der Waals surface area contributed by atoms with Gasteiger partial charge in [0.2, 0.25) is 0 Å². The first kappa shape index (κ1) is 9.25. The van der Waals surface area contributed by atoms with Crippen molar-refractivity contribution in [1.82, 2.24) is 0 Å². The smallest absolute Gasteiger partial charge is 0.422 e. The number of benzene rings is 1. The Balaban J connectivity index is 2.60. The first-order valence-electron chi connectivity index (χ1n) is 3.59. The van der Waals surface area contributed by atoms with Crippen molar-refractivity contribution in [2.75, 3.05) is 7.11 Å². The lowest BCUT2D eigenvalue weighted by Gasteiger charge is -2.00. The number of carbonyl (C=O) groups is 2. The lowest BCUT2D eigenvalue weighted by atomic mass is 10.3. The predicted molar refractivity (Wildman–Crippen MR) is 44.1 cm³/mol. The molecule has 0 aliphatic carbocycles. The molecule has 1 rings (SSSR count). The Hall–Kier alpha value is -1.84. The molecule has 0 fully saturated rings. The normalized spacial score (nSPS) is 9.00. The molecule has 0 spiro atoms. The molecule has 0 aromatic heterocycles. The summed E-state index contributed by atoms with van der Waals surface area (Å²) < 4.78 is 8.82. The average Bonchev–Trinajstić information content (AvgIpc) is 2.18. The van der Waals surface area contributed by atoms with Gasteiger partial charge in [-0.25, -0.2) is 9.59 Å². The summed E-state index contributed by atoms with van der Waals surface area (Å²) in [5.41, 5.74) is 0. The summed E-state index contributed by atoms with van der Waals surface area (Å²) in [4.78, 5) is 21.5. The van der Waals surface area contributed by atoms with Gasteiger partial charge in [-0.15, -0.1) is 0 Å². The van der Waals surface area contributed by atoms with E-state index in [1.165, 1.54) is 0 Å². The van der Waals surface area contributed by atoms with Crippen LogP contribution in [0.4, 0.5) is 0 Å². The van der Waals surface area contributed by atoms with Crippen LogP contribution in [-0.4, -0.2) is 19.0 Å². The fourth-order valence-electron chi connectivity index (χ4n) is 0.721. The number of methoxy groups -OCH3 is 1. The van der Waals surface area contributed by atoms with Crippen molar-refractivity contribution in [1.29, 1.82) is 0 Å². The lowest BCUT2D eigenvalue weighted by molar-refractivity contribution is -0.160. The summed E-state index contributed by atoms with van der Waals surface area (Å²) in [6.45, 7) is 0. The van der Waals surface area contributed by atoms with E-state index in [0.29, 0.717) is 5.75 Å². The van der Waals surface area contributed by atoms with E-state index >= 15 is 0 Å². The quantitative estimate of drug-likeness (QED) is 0.364. The number of hydrogen-bond acceptors (Lipinski definition) is 4. The molecule has 0 bridgehead atoms. The van der Waals surface area contributed by atoms with Crippen LogP contribution in [0.3, 0.4) is 0 Å². The lowest BCUT2D eigenvalue weighted by Crippen LogP contribution is -2.21. The van der Waals surface area contributed by atoms with E-state index < -0.39 is 11.9 Å². The van der Waals surface area contributed by atoms with Gasteiger partial charge in [-0.3, -0.25) is 0 Å². The minimum atomic E-state index is -1.02. The summed E-state index contributed by atoms with van der Waals surface area (Å²) in [6.07, 6.45) is 0. The largest absolute Gasteiger partial charge is 0.461 e. The van der Waals surface area contributed by atoms with Gasteiger partial charge in [-0.05, 0) is 12.1 Å². The molecule has 0 amide bonds. The monoisotopic (exact) mass is 180 g/mol. The van der Waals surface area contributed by atoms with Gasteiger partial charge in [-0.2, -0.15) is 0 Å². The van der Waals surface area contributed by atoms with Gasteiger partial charge in [0.25, 0.3) is 0 Å². The Kier molecular flexibility index (Phi) is 3.03. The summed E-state index contributed by atoms with van der Waals surface area (Å²) in [5, 5.41) is 0. The van der Waals surface area contributed by atoms with Crippen LogP contribution in [0.1, 0.15) is 0 Å². The minimum absolute atomic E-state index is 0.318. The second-order valence-electron chi connectivity index (χ2n) is 2.19. The molecule has 0 N–H and O–H groups in total. The third-order valence-corrected chi connectivity index (χ3v) is 1.31. The molecule has 0 unspecified atom stereocenters. The van der Waals surface area contributed by atoms with Gasteiger partial charge in [-0.1, -0.05) is 18.2 Å². The summed E-state index contributed by atoms with van der Waals surface area (Å²) in [7, 11) is 1.12. The van der Waals surface area contributed by atoms with Crippen molar-refractivity contribution in [2.24, 2.45) is 0 Å². The number of carbonyl (C=O) groups excluding carboxylic acids is 2. The predicted octanol–water partition coefficient (Wildman–Crippen LogP) is 0.765. The highest BCUT2D eigenvalue weighted by atomic mass is 16.6. The second-order valence-corrected chi connectivity index (χ2v) is 2.19. The average molecular weight is 180 g/mol. The van der Waals surface area contributed by atoms with Crippen molar-refractivity contribution in [3.05, 3.63) is 30.3 Å². The maximum atomic E-state index is 10.8. The van der Waals surface area contributed by atoms with Crippen molar-refractivity contribution in [2.45, 2.75) is 0 Å². The van der Waals surface area contributed by atoms with Crippen LogP contribution in [0.25, 0.3) is 0 Å². The fourth-order valence-corrected chi connectivity index (χ4v) is 0.721. The standard InChI is InChI=1S/C9H8O4/c1-12-8(10)9(11)13-7-5-3-2-4-6-7/h2-6H,1H3. The summed E-state index contributed by atoms with van der Waals surface area (Å²) in [5.74, 6) is -1.71. The van der Waals surface area contributed by atoms with E-state index in [-0.39, 0.29) is 0 Å². The molecule has 0 saturated carbocycles. The van der Waals surface area contributed by atoms with E-state index in [1.54, 1.807) is 30.3 Å². The molecule has 0 heterocycles. The van der Waals surface area contributed by atoms with Crippen LogP contribution < -0.4 is 4.74 Å². The van der Waals surface area contributed by atoms with Crippen LogP contribution in [0.2, 0.25) is 0 Å². The molecule has 13 heavy (non-hydrogen) atoms. The molecule has 0 radical (unpaired) electrons.